The summed E-state index contributed by atoms with van der Waals surface area (Å²) in [6.07, 6.45) is 14.6. The van der Waals surface area contributed by atoms with Crippen LogP contribution in [0.25, 0.3) is 0 Å². The maximum Gasteiger partial charge on any atom is 0.0786 e. The van der Waals surface area contributed by atoms with E-state index in [0.29, 0.717) is 6.42 Å². The van der Waals surface area contributed by atoms with Gasteiger partial charge in [0, 0.05) is 5.97 Å². The lowest BCUT2D eigenvalue weighted by atomic mass is 10.00. The predicted octanol–water partition coefficient (Wildman–Crippen LogP) is 5.96. The summed E-state index contributed by atoms with van der Waals surface area (Å²) in [4.78, 5) is 10.3. The first-order valence-electron chi connectivity index (χ1n) is 12.0. The molecule has 0 aliphatic carbocycles. The molecule has 0 rings (SSSR count). The second-order valence-electron chi connectivity index (χ2n) is 8.22. The molecule has 0 saturated carbocycles. The van der Waals surface area contributed by atoms with Crippen molar-refractivity contribution in [2.45, 2.75) is 119 Å². The van der Waals surface area contributed by atoms with Crippen LogP contribution < -0.4 is 5.11 Å². The zero-order chi connectivity index (χ0) is 21.0. The van der Waals surface area contributed by atoms with Gasteiger partial charge in [-0.1, -0.05) is 80.1 Å². The van der Waals surface area contributed by atoms with Crippen molar-refractivity contribution in [3.63, 3.8) is 0 Å². The van der Waals surface area contributed by atoms with Crippen LogP contribution in [0.15, 0.2) is 0 Å². The van der Waals surface area contributed by atoms with Crippen molar-refractivity contribution in [3.05, 3.63) is 0 Å². The van der Waals surface area contributed by atoms with Crippen LogP contribution in [-0.2, 0) is 4.79 Å². The highest BCUT2D eigenvalue weighted by atomic mass is 16.4. The van der Waals surface area contributed by atoms with Crippen molar-refractivity contribution in [3.8, 4) is 0 Å². The van der Waals surface area contributed by atoms with Crippen LogP contribution in [0.3, 0.4) is 0 Å². The van der Waals surface area contributed by atoms with Crippen LogP contribution in [0.1, 0.15) is 119 Å². The number of unbranched alkanes of at least 4 members (excludes halogenated alkanes) is 5. The lowest BCUT2D eigenvalue weighted by molar-refractivity contribution is -0.929. The number of nitrogens with zero attached hydrogens (tertiary/aromatic N) is 1. The first kappa shape index (κ1) is 28.6. The molecule has 0 bridgehead atoms. The number of carboxylic acid groups (broad SMARTS) is 1. The number of carboxylic acids is 1. The van der Waals surface area contributed by atoms with Crippen LogP contribution >= 0.6 is 0 Å². The fourth-order valence-corrected chi connectivity index (χ4v) is 3.58. The van der Waals surface area contributed by atoms with Gasteiger partial charge in [0.25, 0.3) is 0 Å². The van der Waals surface area contributed by atoms with E-state index in [4.69, 9.17) is 0 Å². The van der Waals surface area contributed by atoms with E-state index in [2.05, 4.69) is 34.6 Å². The Morgan fingerprint density at radius 2 is 1.00 bits per heavy atom. The highest BCUT2D eigenvalue weighted by Gasteiger charge is 2.24. The van der Waals surface area contributed by atoms with Gasteiger partial charge in [0.05, 0.1) is 26.2 Å². The second kappa shape index (κ2) is 20.2. The zero-order valence-corrected chi connectivity index (χ0v) is 19.7. The minimum atomic E-state index is -0.893. The highest BCUT2D eigenvalue weighted by Crippen LogP contribution is 2.16. The van der Waals surface area contributed by atoms with Crippen LogP contribution in [0.2, 0.25) is 0 Å². The number of hydrogen-bond acceptors (Lipinski definition) is 2. The first-order chi connectivity index (χ1) is 13.0. The molecule has 1 atom stereocenters. The smallest absolute Gasteiger partial charge is 0.0786 e. The van der Waals surface area contributed by atoms with Gasteiger partial charge < -0.3 is 14.4 Å². The summed E-state index contributed by atoms with van der Waals surface area (Å²) in [6, 6.07) is 0. The van der Waals surface area contributed by atoms with Gasteiger partial charge in [0.15, 0.2) is 0 Å². The number of rotatable bonds is 17. The summed E-state index contributed by atoms with van der Waals surface area (Å²) in [5.74, 6) is -1.11. The predicted molar refractivity (Wildman–Crippen MR) is 118 cm³/mol. The number of carbonyl (C=O) groups is 1. The molecule has 0 spiro atoms. The molecule has 0 aliphatic heterocycles. The molecule has 1 unspecified atom stereocenters. The average molecular weight is 386 g/mol. The normalized spacial score (nSPS) is 12.4. The van der Waals surface area contributed by atoms with E-state index in [1.54, 1.807) is 0 Å². The zero-order valence-electron chi connectivity index (χ0n) is 19.7. The van der Waals surface area contributed by atoms with Crippen molar-refractivity contribution in [1.29, 1.82) is 0 Å². The fourth-order valence-electron chi connectivity index (χ4n) is 3.58. The Labute approximate surface area is 171 Å². The third-order valence-electron chi connectivity index (χ3n) is 5.68. The van der Waals surface area contributed by atoms with Crippen molar-refractivity contribution < 1.29 is 14.4 Å². The first-order valence-corrected chi connectivity index (χ1v) is 12.0. The minimum absolute atomic E-state index is 0.222. The van der Waals surface area contributed by atoms with Gasteiger partial charge in [0.1, 0.15) is 0 Å². The molecule has 0 aromatic heterocycles. The Hall–Kier alpha value is -0.570. The van der Waals surface area contributed by atoms with Gasteiger partial charge in [-0.3, -0.25) is 0 Å². The number of quaternary nitrogens is 1. The highest BCUT2D eigenvalue weighted by molar-refractivity contribution is 5.67. The maximum absolute atomic E-state index is 10.3. The number of aliphatic carboxylic acids is 1. The van der Waals surface area contributed by atoms with E-state index in [1.807, 2.05) is 6.92 Å². The Kier molecular flexibility index (Phi) is 21.4. The molecule has 0 heterocycles. The Balaban J connectivity index is 0. The molecular formula is C24H51NO2. The molecule has 0 saturated heterocycles. The second-order valence-corrected chi connectivity index (χ2v) is 8.22. The summed E-state index contributed by atoms with van der Waals surface area (Å²) in [6.45, 7) is 19.0. The molecule has 0 amide bonds. The molecule has 3 nitrogen and oxygen atoms in total. The van der Waals surface area contributed by atoms with Gasteiger partial charge in [-0.25, -0.2) is 0 Å². The van der Waals surface area contributed by atoms with Crippen molar-refractivity contribution >= 4 is 5.97 Å². The number of hydrogen-bond donors (Lipinski definition) is 0. The van der Waals surface area contributed by atoms with Crippen molar-refractivity contribution in [2.75, 3.05) is 26.2 Å². The standard InChI is InChI=1S/C16H36N.C8H16O2/c1-5-9-13-17(14-10-6-2,15-11-7-3)16-12-8-4;1-3-5-6-7(4-2)8(9)10/h5-16H2,1-4H3;7H,3-6H2,1-2H3,(H,9,10)/q+1;/p-1. The minimum Gasteiger partial charge on any atom is -0.550 e. The van der Waals surface area contributed by atoms with Gasteiger partial charge in [-0.15, -0.1) is 0 Å². The Morgan fingerprint density at radius 1 is 0.667 bits per heavy atom. The molecule has 0 fully saturated rings. The Bertz CT molecular complexity index is 280. The monoisotopic (exact) mass is 385 g/mol. The molecular weight excluding hydrogens is 334 g/mol. The SMILES string of the molecule is CCCCC(CC)C(=O)[O-].CCCC[N+](CCCC)(CCCC)CCCC. The summed E-state index contributed by atoms with van der Waals surface area (Å²) in [5.41, 5.74) is 0. The van der Waals surface area contributed by atoms with Crippen LogP contribution in [-0.4, -0.2) is 36.6 Å². The summed E-state index contributed by atoms with van der Waals surface area (Å²) >= 11 is 0. The fraction of sp³-hybridized carbons (Fsp3) is 0.958. The van der Waals surface area contributed by atoms with Gasteiger partial charge >= 0.3 is 0 Å². The van der Waals surface area contributed by atoms with Crippen molar-refractivity contribution in [2.24, 2.45) is 5.92 Å². The van der Waals surface area contributed by atoms with Gasteiger partial charge in [-0.05, 0) is 44.4 Å². The molecule has 0 aliphatic rings. The van der Waals surface area contributed by atoms with Crippen LogP contribution in [0, 0.1) is 5.92 Å². The van der Waals surface area contributed by atoms with E-state index < -0.39 is 5.97 Å². The average Bonchev–Trinajstić information content (AvgIpc) is 2.67. The van der Waals surface area contributed by atoms with Crippen LogP contribution in [0.5, 0.6) is 0 Å². The van der Waals surface area contributed by atoms with E-state index in [9.17, 15) is 9.90 Å². The van der Waals surface area contributed by atoms with Crippen LogP contribution in [0.4, 0.5) is 0 Å². The van der Waals surface area contributed by atoms with E-state index >= 15 is 0 Å². The maximum atomic E-state index is 10.3. The van der Waals surface area contributed by atoms with Gasteiger partial charge in [0.2, 0.25) is 0 Å². The summed E-state index contributed by atoms with van der Waals surface area (Å²) < 4.78 is 1.42. The Morgan fingerprint density at radius 3 is 1.22 bits per heavy atom. The summed E-state index contributed by atoms with van der Waals surface area (Å²) in [5, 5.41) is 10.3. The van der Waals surface area contributed by atoms with E-state index in [-0.39, 0.29) is 5.92 Å². The molecule has 27 heavy (non-hydrogen) atoms. The molecule has 3 heteroatoms. The topological polar surface area (TPSA) is 40.1 Å². The third kappa shape index (κ3) is 16.1. The molecule has 0 N–H and O–H groups in total. The molecule has 0 aromatic rings. The quantitative estimate of drug-likeness (QED) is 0.290. The lowest BCUT2D eigenvalue weighted by Crippen LogP contribution is -2.50. The summed E-state index contributed by atoms with van der Waals surface area (Å²) in [7, 11) is 0. The molecule has 164 valence electrons. The molecule has 0 radical (unpaired) electrons. The largest absolute Gasteiger partial charge is 0.550 e. The van der Waals surface area contributed by atoms with Crippen molar-refractivity contribution in [1.82, 2.24) is 0 Å². The molecule has 0 aromatic carbocycles. The lowest BCUT2D eigenvalue weighted by Gasteiger charge is -2.39. The van der Waals surface area contributed by atoms with E-state index in [0.717, 1.165) is 19.3 Å². The van der Waals surface area contributed by atoms with E-state index in [1.165, 1.54) is 82.0 Å². The third-order valence-corrected chi connectivity index (χ3v) is 5.68. The van der Waals surface area contributed by atoms with Gasteiger partial charge in [-0.2, -0.15) is 0 Å². The number of carbonyl (C=O) groups excluding carboxylic acids is 1.